The Morgan fingerprint density at radius 3 is 2.89 bits per heavy atom. The Kier molecular flexibility index (Phi) is 6.18. The molecule has 0 aliphatic heterocycles. The minimum absolute atomic E-state index is 0.168. The van der Waals surface area contributed by atoms with Gasteiger partial charge in [0.15, 0.2) is 0 Å². The van der Waals surface area contributed by atoms with E-state index in [-0.39, 0.29) is 12.5 Å². The van der Waals surface area contributed by atoms with E-state index in [4.69, 9.17) is 15.2 Å². The lowest BCUT2D eigenvalue weighted by atomic mass is 10.2. The van der Waals surface area contributed by atoms with Gasteiger partial charge < -0.3 is 20.5 Å². The van der Waals surface area contributed by atoms with Crippen LogP contribution in [0.3, 0.4) is 0 Å². The molecule has 0 fully saturated rings. The van der Waals surface area contributed by atoms with E-state index in [1.165, 1.54) is 7.11 Å². The molecule has 1 rings (SSSR count). The summed E-state index contributed by atoms with van der Waals surface area (Å²) in [5.74, 6) is 0.591. The second-order valence-corrected chi connectivity index (χ2v) is 3.76. The normalized spacial score (nSPS) is 11.9. The van der Waals surface area contributed by atoms with Crippen LogP contribution in [0.5, 0.6) is 5.75 Å². The van der Waals surface area contributed by atoms with Crippen LogP contribution in [0.1, 0.15) is 12.5 Å². The van der Waals surface area contributed by atoms with E-state index < -0.39 is 6.10 Å². The first-order valence-electron chi connectivity index (χ1n) is 5.93. The van der Waals surface area contributed by atoms with Gasteiger partial charge in [0.05, 0.1) is 6.61 Å². The summed E-state index contributed by atoms with van der Waals surface area (Å²) in [4.78, 5) is 11.6. The largest absolute Gasteiger partial charge is 0.494 e. The average molecular weight is 252 g/mol. The Balaban J connectivity index is 2.52. The van der Waals surface area contributed by atoms with Gasteiger partial charge >= 0.3 is 0 Å². The summed E-state index contributed by atoms with van der Waals surface area (Å²) < 4.78 is 10.3. The Bertz CT molecular complexity index is 378. The van der Waals surface area contributed by atoms with E-state index >= 15 is 0 Å². The number of hydrogen-bond acceptors (Lipinski definition) is 4. The maximum absolute atomic E-state index is 11.6. The monoisotopic (exact) mass is 252 g/mol. The Hall–Kier alpha value is -1.59. The molecule has 1 aromatic rings. The minimum Gasteiger partial charge on any atom is -0.494 e. The molecule has 0 aliphatic rings. The van der Waals surface area contributed by atoms with Gasteiger partial charge in [0.25, 0.3) is 5.91 Å². The zero-order valence-electron chi connectivity index (χ0n) is 10.8. The van der Waals surface area contributed by atoms with Gasteiger partial charge in [-0.25, -0.2) is 0 Å². The topological polar surface area (TPSA) is 73.6 Å². The maximum atomic E-state index is 11.6. The fraction of sp³-hybridized carbons (Fsp3) is 0.462. The molecule has 1 atom stereocenters. The summed E-state index contributed by atoms with van der Waals surface area (Å²) >= 11 is 0. The van der Waals surface area contributed by atoms with Gasteiger partial charge in [0.1, 0.15) is 11.9 Å². The summed E-state index contributed by atoms with van der Waals surface area (Å²) in [6.45, 7) is 3.15. The number of amides is 1. The smallest absolute Gasteiger partial charge is 0.250 e. The number of methoxy groups -OCH3 is 1. The summed E-state index contributed by atoms with van der Waals surface area (Å²) in [5, 5.41) is 2.77. The maximum Gasteiger partial charge on any atom is 0.250 e. The number of ether oxygens (including phenoxy) is 2. The van der Waals surface area contributed by atoms with Crippen molar-refractivity contribution in [3.8, 4) is 5.75 Å². The summed E-state index contributed by atoms with van der Waals surface area (Å²) in [6, 6.07) is 7.59. The van der Waals surface area contributed by atoms with Crippen molar-refractivity contribution in [3.05, 3.63) is 29.8 Å². The molecular formula is C13H20N2O3. The van der Waals surface area contributed by atoms with Crippen LogP contribution in [0.4, 0.5) is 0 Å². The molecule has 0 aliphatic carbocycles. The van der Waals surface area contributed by atoms with Gasteiger partial charge in [-0.1, -0.05) is 12.1 Å². The standard InChI is InChI=1S/C13H20N2O3/c1-3-18-11-6-4-5-10(7-11)9-15-13(16)12(8-14)17-2/h4-7,12H,3,8-9,14H2,1-2H3,(H,15,16). The van der Waals surface area contributed by atoms with Crippen LogP contribution in [0.15, 0.2) is 24.3 Å². The third kappa shape index (κ3) is 4.35. The zero-order chi connectivity index (χ0) is 13.4. The molecule has 0 saturated carbocycles. The van der Waals surface area contributed by atoms with E-state index in [1.807, 2.05) is 31.2 Å². The molecule has 5 heteroatoms. The van der Waals surface area contributed by atoms with Crippen molar-refractivity contribution in [1.82, 2.24) is 5.32 Å². The second kappa shape index (κ2) is 7.68. The number of hydrogen-bond donors (Lipinski definition) is 2. The first-order valence-corrected chi connectivity index (χ1v) is 5.93. The quantitative estimate of drug-likeness (QED) is 0.748. The fourth-order valence-electron chi connectivity index (χ4n) is 1.53. The van der Waals surface area contributed by atoms with Crippen molar-refractivity contribution in [3.63, 3.8) is 0 Å². The molecule has 100 valence electrons. The van der Waals surface area contributed by atoms with Gasteiger partial charge in [0.2, 0.25) is 0 Å². The van der Waals surface area contributed by atoms with Crippen molar-refractivity contribution in [1.29, 1.82) is 0 Å². The van der Waals surface area contributed by atoms with Crippen LogP contribution in [0.25, 0.3) is 0 Å². The van der Waals surface area contributed by atoms with Crippen molar-refractivity contribution < 1.29 is 14.3 Å². The predicted octanol–water partition coefficient (Wildman–Crippen LogP) is 0.675. The first-order chi connectivity index (χ1) is 8.71. The highest BCUT2D eigenvalue weighted by Gasteiger charge is 2.14. The lowest BCUT2D eigenvalue weighted by Gasteiger charge is -2.13. The summed E-state index contributed by atoms with van der Waals surface area (Å²) in [7, 11) is 1.47. The van der Waals surface area contributed by atoms with E-state index in [9.17, 15) is 4.79 Å². The summed E-state index contributed by atoms with van der Waals surface area (Å²) in [6.07, 6.45) is -0.597. The minimum atomic E-state index is -0.597. The lowest BCUT2D eigenvalue weighted by Crippen LogP contribution is -2.40. The number of benzene rings is 1. The molecule has 5 nitrogen and oxygen atoms in total. The van der Waals surface area contributed by atoms with Crippen LogP contribution in [0.2, 0.25) is 0 Å². The third-order valence-corrected chi connectivity index (χ3v) is 2.47. The molecule has 0 bridgehead atoms. The molecule has 0 aromatic heterocycles. The van der Waals surface area contributed by atoms with Crippen molar-refractivity contribution in [2.45, 2.75) is 19.6 Å². The molecule has 1 amide bonds. The second-order valence-electron chi connectivity index (χ2n) is 3.76. The van der Waals surface area contributed by atoms with Crippen molar-refractivity contribution >= 4 is 5.91 Å². The number of carbonyl (C=O) groups is 1. The highest BCUT2D eigenvalue weighted by molar-refractivity contribution is 5.80. The molecule has 18 heavy (non-hydrogen) atoms. The number of nitrogens with two attached hydrogens (primary N) is 1. The van der Waals surface area contributed by atoms with E-state index in [0.29, 0.717) is 13.2 Å². The Labute approximate surface area is 107 Å². The number of rotatable bonds is 7. The van der Waals surface area contributed by atoms with Crippen LogP contribution in [-0.2, 0) is 16.1 Å². The number of carbonyl (C=O) groups excluding carboxylic acids is 1. The van der Waals surface area contributed by atoms with Gasteiger partial charge in [-0.3, -0.25) is 4.79 Å². The molecule has 0 spiro atoms. The molecule has 0 heterocycles. The van der Waals surface area contributed by atoms with E-state index in [2.05, 4.69) is 5.32 Å². The molecule has 0 saturated heterocycles. The van der Waals surface area contributed by atoms with Gasteiger partial charge in [-0.15, -0.1) is 0 Å². The highest BCUT2D eigenvalue weighted by Crippen LogP contribution is 2.12. The van der Waals surface area contributed by atoms with Crippen LogP contribution in [-0.4, -0.2) is 32.3 Å². The van der Waals surface area contributed by atoms with Gasteiger partial charge in [0, 0.05) is 20.2 Å². The van der Waals surface area contributed by atoms with Crippen LogP contribution in [0, 0.1) is 0 Å². The molecule has 3 N–H and O–H groups in total. The fourth-order valence-corrected chi connectivity index (χ4v) is 1.53. The SMILES string of the molecule is CCOc1cccc(CNC(=O)C(CN)OC)c1. The molecular weight excluding hydrogens is 232 g/mol. The van der Waals surface area contributed by atoms with E-state index in [0.717, 1.165) is 11.3 Å². The molecule has 1 unspecified atom stereocenters. The Morgan fingerprint density at radius 1 is 1.50 bits per heavy atom. The van der Waals surface area contributed by atoms with Gasteiger partial charge in [-0.05, 0) is 24.6 Å². The van der Waals surface area contributed by atoms with Crippen LogP contribution < -0.4 is 15.8 Å². The summed E-state index contributed by atoms with van der Waals surface area (Å²) in [5.41, 5.74) is 6.38. The van der Waals surface area contributed by atoms with Crippen molar-refractivity contribution in [2.75, 3.05) is 20.3 Å². The number of nitrogens with one attached hydrogen (secondary N) is 1. The molecule has 1 aromatic carbocycles. The van der Waals surface area contributed by atoms with Crippen molar-refractivity contribution in [2.24, 2.45) is 5.73 Å². The first kappa shape index (κ1) is 14.5. The Morgan fingerprint density at radius 2 is 2.28 bits per heavy atom. The lowest BCUT2D eigenvalue weighted by molar-refractivity contribution is -0.130. The van der Waals surface area contributed by atoms with E-state index in [1.54, 1.807) is 0 Å². The zero-order valence-corrected chi connectivity index (χ0v) is 10.8. The average Bonchev–Trinajstić information content (AvgIpc) is 2.39. The predicted molar refractivity (Wildman–Crippen MR) is 69.3 cm³/mol. The van der Waals surface area contributed by atoms with Crippen LogP contribution >= 0.6 is 0 Å². The molecule has 0 radical (unpaired) electrons. The van der Waals surface area contributed by atoms with Gasteiger partial charge in [-0.2, -0.15) is 0 Å². The third-order valence-electron chi connectivity index (χ3n) is 2.47. The highest BCUT2D eigenvalue weighted by atomic mass is 16.5.